The summed E-state index contributed by atoms with van der Waals surface area (Å²) >= 11 is 0. The van der Waals surface area contributed by atoms with Gasteiger partial charge in [0, 0.05) is 61.2 Å². The number of hydrogen-bond donors (Lipinski definition) is 1. The lowest BCUT2D eigenvalue weighted by molar-refractivity contribution is 0.0786. The molecule has 0 saturated carbocycles. The van der Waals surface area contributed by atoms with Gasteiger partial charge in [0.2, 0.25) is 0 Å². The Bertz CT molecular complexity index is 1070. The van der Waals surface area contributed by atoms with Crippen LogP contribution in [-0.2, 0) is 18.0 Å². The summed E-state index contributed by atoms with van der Waals surface area (Å²) in [6.07, 6.45) is 6.11. The molecule has 3 rings (SSSR count). The summed E-state index contributed by atoms with van der Waals surface area (Å²) in [6, 6.07) is 7.35. The van der Waals surface area contributed by atoms with Crippen molar-refractivity contribution in [1.82, 2.24) is 14.3 Å². The summed E-state index contributed by atoms with van der Waals surface area (Å²) < 4.78 is 9.92. The van der Waals surface area contributed by atoms with Gasteiger partial charge < -0.3 is 14.4 Å². The third kappa shape index (κ3) is 5.85. The van der Waals surface area contributed by atoms with Crippen LogP contribution in [0.2, 0.25) is 25.7 Å². The maximum Gasteiger partial charge on any atom is 0.139 e. The molecule has 0 radical (unpaired) electrons. The first-order valence-corrected chi connectivity index (χ1v) is 14.3. The summed E-state index contributed by atoms with van der Waals surface area (Å²) in [4.78, 5) is 0. The van der Waals surface area contributed by atoms with Crippen molar-refractivity contribution in [1.29, 1.82) is 0 Å². The topological polar surface area (TPSA) is 52.2 Å². The van der Waals surface area contributed by atoms with Crippen LogP contribution in [-0.4, -0.2) is 39.7 Å². The monoisotopic (exact) mass is 423 g/mol. The molecule has 0 aliphatic rings. The van der Waals surface area contributed by atoms with Crippen molar-refractivity contribution in [3.8, 4) is 23.0 Å². The van der Waals surface area contributed by atoms with E-state index in [1.165, 1.54) is 5.52 Å². The Balaban J connectivity index is 1.86. The average molecular weight is 424 g/mol. The molecule has 0 bridgehead atoms. The summed E-state index contributed by atoms with van der Waals surface area (Å²) in [6.45, 7) is 14.7. The van der Waals surface area contributed by atoms with Crippen molar-refractivity contribution in [2.75, 3.05) is 6.61 Å². The lowest BCUT2D eigenvalue weighted by Gasteiger charge is -2.15. The molecule has 0 fully saturated rings. The molecule has 3 aromatic rings. The molecule has 30 heavy (non-hydrogen) atoms. The van der Waals surface area contributed by atoms with Crippen LogP contribution in [0.1, 0.15) is 26.3 Å². The van der Waals surface area contributed by atoms with Gasteiger partial charge in [-0.1, -0.05) is 31.5 Å². The van der Waals surface area contributed by atoms with E-state index in [2.05, 4.69) is 66.4 Å². The first-order valence-electron chi connectivity index (χ1n) is 10.5. The van der Waals surface area contributed by atoms with Crippen LogP contribution in [0.5, 0.6) is 0 Å². The van der Waals surface area contributed by atoms with E-state index in [1.54, 1.807) is 13.8 Å². The smallest absolute Gasteiger partial charge is 0.139 e. The summed E-state index contributed by atoms with van der Waals surface area (Å²) in [5.41, 5.74) is 3.24. The Hall–Kier alpha value is -2.33. The van der Waals surface area contributed by atoms with E-state index in [4.69, 9.17) is 4.74 Å². The molecule has 2 aromatic heterocycles. The van der Waals surface area contributed by atoms with Crippen LogP contribution in [0.15, 0.2) is 36.8 Å². The fraction of sp³-hybridized carbons (Fsp3) is 0.458. The van der Waals surface area contributed by atoms with Crippen LogP contribution in [0, 0.1) is 11.8 Å². The molecule has 0 spiro atoms. The lowest BCUT2D eigenvalue weighted by Crippen LogP contribution is -2.22. The second kappa shape index (κ2) is 8.81. The standard InChI is InChI=1S/C24H33N3O2Si/c1-7-26-17-22(20-15-25-27(16-20)18-29-12-13-30(4,5)6)21-14-19(8-9-23(21)26)10-11-24(2,3)28/h8-9,14-17,28H,7,12-13,18H2,1-6H3. The van der Waals surface area contributed by atoms with Gasteiger partial charge in [-0.15, -0.1) is 0 Å². The van der Waals surface area contributed by atoms with Crippen molar-refractivity contribution < 1.29 is 9.84 Å². The highest BCUT2D eigenvalue weighted by Gasteiger charge is 2.14. The molecule has 160 valence electrons. The van der Waals surface area contributed by atoms with E-state index >= 15 is 0 Å². The minimum absolute atomic E-state index is 0.471. The van der Waals surface area contributed by atoms with Gasteiger partial charge in [-0.25, -0.2) is 4.68 Å². The number of hydrogen-bond acceptors (Lipinski definition) is 3. The normalized spacial score (nSPS) is 12.2. The van der Waals surface area contributed by atoms with Gasteiger partial charge in [0.1, 0.15) is 12.3 Å². The number of aromatic nitrogens is 3. The fourth-order valence-corrected chi connectivity index (χ4v) is 3.96. The molecule has 0 aliphatic heterocycles. The van der Waals surface area contributed by atoms with Gasteiger partial charge in [0.25, 0.3) is 0 Å². The van der Waals surface area contributed by atoms with Gasteiger partial charge in [-0.2, -0.15) is 5.10 Å². The SMILES string of the molecule is CCn1cc(-c2cnn(COCC[Si](C)(C)C)c2)c2cc(C#CC(C)(C)O)ccc21. The second-order valence-electron chi connectivity index (χ2n) is 9.49. The molecule has 0 saturated heterocycles. The molecule has 0 aliphatic carbocycles. The number of fused-ring (bicyclic) bond motifs is 1. The highest BCUT2D eigenvalue weighted by Crippen LogP contribution is 2.31. The third-order valence-electron chi connectivity index (χ3n) is 4.90. The van der Waals surface area contributed by atoms with Crippen molar-refractivity contribution in [3.05, 3.63) is 42.4 Å². The van der Waals surface area contributed by atoms with Crippen molar-refractivity contribution in [2.45, 2.75) is 65.3 Å². The maximum absolute atomic E-state index is 9.90. The number of nitrogens with zero attached hydrogens (tertiary/aromatic N) is 3. The fourth-order valence-electron chi connectivity index (χ4n) is 3.20. The van der Waals surface area contributed by atoms with E-state index in [0.717, 1.165) is 41.3 Å². The van der Waals surface area contributed by atoms with Crippen molar-refractivity contribution in [3.63, 3.8) is 0 Å². The molecule has 1 aromatic carbocycles. The van der Waals surface area contributed by atoms with E-state index in [-0.39, 0.29) is 0 Å². The van der Waals surface area contributed by atoms with Crippen LogP contribution < -0.4 is 0 Å². The number of benzene rings is 1. The van der Waals surface area contributed by atoms with Gasteiger partial charge in [0.05, 0.1) is 6.20 Å². The number of rotatable bonds is 7. The molecule has 1 N–H and O–H groups in total. The van der Waals surface area contributed by atoms with Gasteiger partial charge >= 0.3 is 0 Å². The summed E-state index contributed by atoms with van der Waals surface area (Å²) in [5, 5.41) is 15.5. The highest BCUT2D eigenvalue weighted by atomic mass is 28.3. The number of aliphatic hydroxyl groups is 1. The van der Waals surface area contributed by atoms with E-state index in [9.17, 15) is 5.11 Å². The third-order valence-corrected chi connectivity index (χ3v) is 6.60. The van der Waals surface area contributed by atoms with Crippen LogP contribution in [0.4, 0.5) is 0 Å². The summed E-state index contributed by atoms with van der Waals surface area (Å²) in [7, 11) is -1.08. The van der Waals surface area contributed by atoms with E-state index in [1.807, 2.05) is 23.1 Å². The predicted octanol–water partition coefficient (Wildman–Crippen LogP) is 4.96. The lowest BCUT2D eigenvalue weighted by atomic mass is 10.0. The Morgan fingerprint density at radius 2 is 1.97 bits per heavy atom. The first-order chi connectivity index (χ1) is 14.1. The molecule has 6 heteroatoms. The summed E-state index contributed by atoms with van der Waals surface area (Å²) in [5.74, 6) is 5.98. The quantitative estimate of drug-likeness (QED) is 0.332. The highest BCUT2D eigenvalue weighted by molar-refractivity contribution is 6.76. The van der Waals surface area contributed by atoms with Crippen LogP contribution >= 0.6 is 0 Å². The van der Waals surface area contributed by atoms with Crippen LogP contribution in [0.25, 0.3) is 22.0 Å². The molecule has 0 atom stereocenters. The minimum atomic E-state index is -1.08. The Morgan fingerprint density at radius 1 is 1.20 bits per heavy atom. The zero-order chi connectivity index (χ0) is 21.9. The molecular formula is C24H33N3O2Si. The number of aryl methyl sites for hydroxylation is 1. The molecule has 0 amide bonds. The van der Waals surface area contributed by atoms with Crippen LogP contribution in [0.3, 0.4) is 0 Å². The van der Waals surface area contributed by atoms with E-state index < -0.39 is 13.7 Å². The average Bonchev–Trinajstić information content (AvgIpc) is 3.26. The molecule has 5 nitrogen and oxygen atoms in total. The predicted molar refractivity (Wildman–Crippen MR) is 126 cm³/mol. The van der Waals surface area contributed by atoms with E-state index in [0.29, 0.717) is 6.73 Å². The zero-order valence-electron chi connectivity index (χ0n) is 19.0. The Labute approximate surface area is 180 Å². The minimum Gasteiger partial charge on any atom is -0.378 e. The Morgan fingerprint density at radius 3 is 2.63 bits per heavy atom. The largest absolute Gasteiger partial charge is 0.378 e. The molecule has 0 unspecified atom stereocenters. The first kappa shape index (κ1) is 22.4. The second-order valence-corrected chi connectivity index (χ2v) is 15.1. The number of ether oxygens (including phenoxy) is 1. The van der Waals surface area contributed by atoms with Crippen molar-refractivity contribution in [2.24, 2.45) is 0 Å². The van der Waals surface area contributed by atoms with Crippen molar-refractivity contribution >= 4 is 19.0 Å². The maximum atomic E-state index is 9.90. The van der Waals surface area contributed by atoms with Gasteiger partial charge in [0.15, 0.2) is 0 Å². The van der Waals surface area contributed by atoms with Gasteiger partial charge in [-0.3, -0.25) is 0 Å². The van der Waals surface area contributed by atoms with Gasteiger partial charge in [-0.05, 0) is 45.0 Å². The Kier molecular flexibility index (Phi) is 6.56. The molecule has 2 heterocycles. The molecular weight excluding hydrogens is 390 g/mol. The zero-order valence-corrected chi connectivity index (χ0v) is 20.0.